The molecule has 0 saturated heterocycles. The number of hydrogen-bond donors (Lipinski definition) is 0. The van der Waals surface area contributed by atoms with Gasteiger partial charge in [0.25, 0.3) is 0 Å². The van der Waals surface area contributed by atoms with Gasteiger partial charge in [-0.1, -0.05) is 40.7 Å². The van der Waals surface area contributed by atoms with Gasteiger partial charge in [-0.2, -0.15) is 0 Å². The van der Waals surface area contributed by atoms with Crippen LogP contribution in [0.25, 0.3) is 0 Å². The molecular weight excluding hydrogens is 223 g/mol. The SMILES string of the molecule is CCC(C)c1ccc(F)c(C(C)(CC)CC)c1C. The summed E-state index contributed by atoms with van der Waals surface area (Å²) in [7, 11) is 0. The molecule has 0 nitrogen and oxygen atoms in total. The lowest BCUT2D eigenvalue weighted by Gasteiger charge is -2.31. The summed E-state index contributed by atoms with van der Waals surface area (Å²) in [5.74, 6) is 0.466. The lowest BCUT2D eigenvalue weighted by atomic mass is 9.74. The molecule has 0 N–H and O–H groups in total. The topological polar surface area (TPSA) is 0 Å². The lowest BCUT2D eigenvalue weighted by molar-refractivity contribution is 0.411. The van der Waals surface area contributed by atoms with Gasteiger partial charge in [0.2, 0.25) is 0 Å². The van der Waals surface area contributed by atoms with Crippen molar-refractivity contribution in [2.24, 2.45) is 0 Å². The molecule has 18 heavy (non-hydrogen) atoms. The van der Waals surface area contributed by atoms with E-state index in [-0.39, 0.29) is 11.2 Å². The van der Waals surface area contributed by atoms with Crippen LogP contribution >= 0.6 is 0 Å². The molecule has 0 heterocycles. The summed E-state index contributed by atoms with van der Waals surface area (Å²) < 4.78 is 14.3. The summed E-state index contributed by atoms with van der Waals surface area (Å²) in [5, 5.41) is 0. The van der Waals surface area contributed by atoms with Gasteiger partial charge in [-0.25, -0.2) is 4.39 Å². The highest BCUT2D eigenvalue weighted by molar-refractivity contribution is 5.41. The highest BCUT2D eigenvalue weighted by Gasteiger charge is 2.29. The van der Waals surface area contributed by atoms with Gasteiger partial charge in [0, 0.05) is 0 Å². The monoisotopic (exact) mass is 250 g/mol. The Labute approximate surface area is 112 Å². The van der Waals surface area contributed by atoms with Gasteiger partial charge in [-0.05, 0) is 60.3 Å². The maximum Gasteiger partial charge on any atom is 0.127 e. The fourth-order valence-electron chi connectivity index (χ4n) is 2.79. The van der Waals surface area contributed by atoms with E-state index in [0.717, 1.165) is 30.4 Å². The van der Waals surface area contributed by atoms with Gasteiger partial charge >= 0.3 is 0 Å². The molecule has 0 aliphatic rings. The summed E-state index contributed by atoms with van der Waals surface area (Å²) in [5.41, 5.74) is 3.36. The van der Waals surface area contributed by atoms with Crippen molar-refractivity contribution < 1.29 is 4.39 Å². The van der Waals surface area contributed by atoms with Crippen LogP contribution < -0.4 is 0 Å². The summed E-state index contributed by atoms with van der Waals surface area (Å²) in [4.78, 5) is 0. The molecule has 0 amide bonds. The van der Waals surface area contributed by atoms with Crippen LogP contribution in [0.4, 0.5) is 4.39 Å². The van der Waals surface area contributed by atoms with E-state index in [1.54, 1.807) is 6.07 Å². The molecule has 1 rings (SSSR count). The molecule has 0 bridgehead atoms. The van der Waals surface area contributed by atoms with Crippen LogP contribution in [0.5, 0.6) is 0 Å². The van der Waals surface area contributed by atoms with E-state index in [1.165, 1.54) is 5.56 Å². The van der Waals surface area contributed by atoms with Crippen LogP contribution in [0.2, 0.25) is 0 Å². The average Bonchev–Trinajstić information content (AvgIpc) is 2.37. The Morgan fingerprint density at radius 2 is 1.72 bits per heavy atom. The fourth-order valence-corrected chi connectivity index (χ4v) is 2.79. The van der Waals surface area contributed by atoms with E-state index in [2.05, 4.69) is 41.5 Å². The van der Waals surface area contributed by atoms with Crippen molar-refractivity contribution in [3.05, 3.63) is 34.6 Å². The summed E-state index contributed by atoms with van der Waals surface area (Å²) >= 11 is 0. The molecule has 1 aromatic carbocycles. The first-order chi connectivity index (χ1) is 8.41. The Hall–Kier alpha value is -0.850. The Balaban J connectivity index is 3.43. The van der Waals surface area contributed by atoms with Crippen molar-refractivity contribution in [1.29, 1.82) is 0 Å². The minimum atomic E-state index is -0.0440. The first-order valence-electron chi connectivity index (χ1n) is 7.20. The van der Waals surface area contributed by atoms with Gasteiger partial charge in [0.1, 0.15) is 5.82 Å². The van der Waals surface area contributed by atoms with Crippen molar-refractivity contribution in [3.8, 4) is 0 Å². The molecule has 1 unspecified atom stereocenters. The Bertz CT molecular complexity index is 402. The highest BCUT2D eigenvalue weighted by atomic mass is 19.1. The maximum absolute atomic E-state index is 14.3. The zero-order valence-electron chi connectivity index (χ0n) is 12.7. The third kappa shape index (κ3) is 2.60. The number of rotatable bonds is 5. The average molecular weight is 250 g/mol. The molecule has 0 aliphatic heterocycles. The van der Waals surface area contributed by atoms with E-state index < -0.39 is 0 Å². The van der Waals surface area contributed by atoms with Gasteiger partial charge in [0.05, 0.1) is 0 Å². The number of benzene rings is 1. The van der Waals surface area contributed by atoms with Crippen molar-refractivity contribution in [1.82, 2.24) is 0 Å². The van der Waals surface area contributed by atoms with Gasteiger partial charge in [-0.3, -0.25) is 0 Å². The van der Waals surface area contributed by atoms with Gasteiger partial charge in [0.15, 0.2) is 0 Å². The van der Waals surface area contributed by atoms with Crippen LogP contribution in [0.1, 0.15) is 76.5 Å². The maximum atomic E-state index is 14.3. The first-order valence-corrected chi connectivity index (χ1v) is 7.20. The summed E-state index contributed by atoms with van der Waals surface area (Å²) in [6, 6.07) is 3.63. The van der Waals surface area contributed by atoms with Crippen molar-refractivity contribution in [2.45, 2.75) is 72.1 Å². The lowest BCUT2D eigenvalue weighted by Crippen LogP contribution is -2.23. The predicted octanol–water partition coefficient (Wildman–Crippen LogP) is 5.73. The van der Waals surface area contributed by atoms with Gasteiger partial charge in [-0.15, -0.1) is 0 Å². The number of halogens is 1. The third-order valence-corrected chi connectivity index (χ3v) is 4.76. The van der Waals surface area contributed by atoms with Crippen LogP contribution in [-0.2, 0) is 5.41 Å². The van der Waals surface area contributed by atoms with Crippen LogP contribution in [0.15, 0.2) is 12.1 Å². The minimum absolute atomic E-state index is 0.0363. The second kappa shape index (κ2) is 5.86. The van der Waals surface area contributed by atoms with Crippen molar-refractivity contribution >= 4 is 0 Å². The molecule has 1 aromatic rings. The van der Waals surface area contributed by atoms with E-state index in [0.29, 0.717) is 5.92 Å². The molecule has 0 aliphatic carbocycles. The Kier molecular flexibility index (Phi) is 4.95. The zero-order chi connectivity index (χ0) is 13.9. The van der Waals surface area contributed by atoms with Gasteiger partial charge < -0.3 is 0 Å². The molecular formula is C17H27F. The molecule has 102 valence electrons. The number of hydrogen-bond acceptors (Lipinski definition) is 0. The normalized spacial score (nSPS) is 13.7. The molecule has 0 fully saturated rings. The highest BCUT2D eigenvalue weighted by Crippen LogP contribution is 2.38. The molecule has 0 aromatic heterocycles. The van der Waals surface area contributed by atoms with Crippen LogP contribution in [0, 0.1) is 12.7 Å². The minimum Gasteiger partial charge on any atom is -0.207 e. The van der Waals surface area contributed by atoms with E-state index in [1.807, 2.05) is 6.07 Å². The summed E-state index contributed by atoms with van der Waals surface area (Å²) in [6.45, 7) is 13.0. The first kappa shape index (κ1) is 15.2. The second-order valence-corrected chi connectivity index (χ2v) is 5.71. The van der Waals surface area contributed by atoms with Crippen LogP contribution in [-0.4, -0.2) is 0 Å². The van der Waals surface area contributed by atoms with E-state index in [9.17, 15) is 4.39 Å². The quantitative estimate of drug-likeness (QED) is 0.626. The molecule has 0 spiro atoms. The zero-order valence-corrected chi connectivity index (χ0v) is 12.7. The Morgan fingerprint density at radius 1 is 1.17 bits per heavy atom. The fraction of sp³-hybridized carbons (Fsp3) is 0.647. The van der Waals surface area contributed by atoms with E-state index >= 15 is 0 Å². The largest absolute Gasteiger partial charge is 0.207 e. The third-order valence-electron chi connectivity index (χ3n) is 4.76. The summed E-state index contributed by atoms with van der Waals surface area (Å²) in [6.07, 6.45) is 3.05. The second-order valence-electron chi connectivity index (χ2n) is 5.71. The Morgan fingerprint density at radius 3 is 2.17 bits per heavy atom. The smallest absolute Gasteiger partial charge is 0.127 e. The van der Waals surface area contributed by atoms with E-state index in [4.69, 9.17) is 0 Å². The predicted molar refractivity (Wildman–Crippen MR) is 77.8 cm³/mol. The molecule has 1 atom stereocenters. The molecule has 1 heteroatoms. The van der Waals surface area contributed by atoms with Crippen LogP contribution in [0.3, 0.4) is 0 Å². The molecule has 0 saturated carbocycles. The molecule has 0 radical (unpaired) electrons. The van der Waals surface area contributed by atoms with Crippen molar-refractivity contribution in [2.75, 3.05) is 0 Å². The van der Waals surface area contributed by atoms with Crippen molar-refractivity contribution in [3.63, 3.8) is 0 Å². The standard InChI is InChI=1S/C17H27F/c1-7-12(4)14-10-11-15(18)16(13(14)5)17(6,8-2)9-3/h10-12H,7-9H2,1-6H3.